The van der Waals surface area contributed by atoms with Gasteiger partial charge in [-0.15, -0.1) is 0 Å². The van der Waals surface area contributed by atoms with Crippen LogP contribution in [0.25, 0.3) is 11.0 Å². The van der Waals surface area contributed by atoms with E-state index in [1.54, 1.807) is 12.1 Å². The van der Waals surface area contributed by atoms with E-state index in [1.807, 2.05) is 0 Å². The first-order chi connectivity index (χ1) is 9.26. The number of hydrogen-bond donors (Lipinski definition) is 0. The third kappa shape index (κ3) is 1.63. The molecule has 2 aromatic rings. The fourth-order valence-corrected chi connectivity index (χ4v) is 2.94. The Hall–Kier alpha value is -1.98. The van der Waals surface area contributed by atoms with Gasteiger partial charge in [0, 0.05) is 30.1 Å². The zero-order valence-corrected chi connectivity index (χ0v) is 10.4. The Labute approximate surface area is 109 Å². The molecule has 0 saturated heterocycles. The Balaban J connectivity index is 1.74. The van der Waals surface area contributed by atoms with Crippen LogP contribution in [0.2, 0.25) is 0 Å². The zero-order chi connectivity index (χ0) is 12.9. The molecule has 0 atom stereocenters. The number of rotatable bonds is 0. The fraction of sp³-hybridized carbons (Fsp3) is 0.538. The molecule has 19 heavy (non-hydrogen) atoms. The van der Waals surface area contributed by atoms with E-state index in [1.165, 1.54) is 12.8 Å². The number of benzene rings is 1. The highest BCUT2D eigenvalue weighted by molar-refractivity contribution is 5.76. The lowest BCUT2D eigenvalue weighted by molar-refractivity contribution is -0.782. The van der Waals surface area contributed by atoms with Crippen molar-refractivity contribution >= 4 is 11.0 Å². The Morgan fingerprint density at radius 2 is 1.74 bits per heavy atom. The third-order valence-electron chi connectivity index (χ3n) is 3.91. The van der Waals surface area contributed by atoms with Crippen molar-refractivity contribution in [3.8, 4) is 11.5 Å². The number of aromatic nitrogens is 2. The minimum Gasteiger partial charge on any atom is -0.448 e. The van der Waals surface area contributed by atoms with E-state index in [0.717, 1.165) is 25.7 Å². The Morgan fingerprint density at radius 3 is 2.47 bits per heavy atom. The van der Waals surface area contributed by atoms with E-state index in [-0.39, 0.29) is 0 Å². The number of fused-ring (bicyclic) bond motifs is 2. The Bertz CT molecular complexity index is 629. The van der Waals surface area contributed by atoms with E-state index in [4.69, 9.17) is 9.47 Å². The van der Waals surface area contributed by atoms with Crippen LogP contribution in [0.1, 0.15) is 38.5 Å². The number of hydrogen-bond acceptors (Lipinski definition) is 5. The predicted molar refractivity (Wildman–Crippen MR) is 64.7 cm³/mol. The summed E-state index contributed by atoms with van der Waals surface area (Å²) in [5.41, 5.74) is 0.857. The molecular formula is C13H14N2O4. The summed E-state index contributed by atoms with van der Waals surface area (Å²) in [5, 5.41) is 15.1. The first kappa shape index (κ1) is 10.9. The summed E-state index contributed by atoms with van der Waals surface area (Å²) in [7, 11) is 0. The van der Waals surface area contributed by atoms with E-state index < -0.39 is 5.79 Å². The van der Waals surface area contributed by atoms with Gasteiger partial charge in [0.05, 0.1) is 0 Å². The maximum absolute atomic E-state index is 11.4. The first-order valence-corrected chi connectivity index (χ1v) is 6.67. The van der Waals surface area contributed by atoms with E-state index in [0.29, 0.717) is 27.4 Å². The molecular weight excluding hydrogens is 248 g/mol. The molecule has 0 amide bonds. The van der Waals surface area contributed by atoms with Crippen LogP contribution in [0.3, 0.4) is 0 Å². The topological polar surface area (TPSA) is 71.4 Å². The van der Waals surface area contributed by atoms with Crippen molar-refractivity contribution in [3.63, 3.8) is 0 Å². The molecule has 1 aromatic heterocycles. The number of ether oxygens (including phenoxy) is 2. The molecule has 1 fully saturated rings. The average molecular weight is 262 g/mol. The monoisotopic (exact) mass is 262 g/mol. The molecule has 1 spiro atoms. The molecule has 2 heterocycles. The van der Waals surface area contributed by atoms with Gasteiger partial charge in [0.15, 0.2) is 11.5 Å². The molecule has 0 N–H and O–H groups in total. The van der Waals surface area contributed by atoms with Crippen molar-refractivity contribution in [2.24, 2.45) is 0 Å². The van der Waals surface area contributed by atoms with Crippen molar-refractivity contribution in [3.05, 3.63) is 17.3 Å². The largest absolute Gasteiger partial charge is 0.448 e. The number of nitrogens with zero attached hydrogens (tertiary/aromatic N) is 2. The molecule has 6 nitrogen and oxygen atoms in total. The minimum atomic E-state index is -0.539. The van der Waals surface area contributed by atoms with Crippen LogP contribution in [0.15, 0.2) is 16.8 Å². The SMILES string of the molecule is [O-][n+]1onc2cc3c(cc21)OC1(CCCCCC1)O3. The van der Waals surface area contributed by atoms with Crippen molar-refractivity contribution < 1.29 is 19.0 Å². The van der Waals surface area contributed by atoms with Gasteiger partial charge in [-0.05, 0) is 17.7 Å². The van der Waals surface area contributed by atoms with Crippen molar-refractivity contribution in [1.29, 1.82) is 0 Å². The normalized spacial score (nSPS) is 20.8. The highest BCUT2D eigenvalue weighted by Gasteiger charge is 2.42. The molecule has 0 bridgehead atoms. The van der Waals surface area contributed by atoms with Gasteiger partial charge in [0.25, 0.3) is 11.3 Å². The van der Waals surface area contributed by atoms with E-state index >= 15 is 0 Å². The summed E-state index contributed by atoms with van der Waals surface area (Å²) in [5.74, 6) is 0.730. The second kappa shape index (κ2) is 3.76. The van der Waals surface area contributed by atoms with Crippen LogP contribution in [-0.2, 0) is 0 Å². The van der Waals surface area contributed by atoms with Gasteiger partial charge in [-0.1, -0.05) is 12.8 Å². The lowest BCUT2D eigenvalue weighted by Gasteiger charge is -2.25. The van der Waals surface area contributed by atoms with Crippen LogP contribution >= 0.6 is 0 Å². The maximum Gasteiger partial charge on any atom is 0.252 e. The zero-order valence-electron chi connectivity index (χ0n) is 10.4. The predicted octanol–water partition coefficient (Wildman–Crippen LogP) is 2.28. The Kier molecular flexibility index (Phi) is 2.15. The lowest BCUT2D eigenvalue weighted by atomic mass is 10.1. The van der Waals surface area contributed by atoms with Gasteiger partial charge in [0.1, 0.15) is 0 Å². The van der Waals surface area contributed by atoms with Crippen LogP contribution in [0, 0.1) is 5.21 Å². The highest BCUT2D eigenvalue weighted by atomic mass is 16.8. The quantitative estimate of drug-likeness (QED) is 0.681. The van der Waals surface area contributed by atoms with Crippen LogP contribution in [-0.4, -0.2) is 10.9 Å². The maximum atomic E-state index is 11.4. The van der Waals surface area contributed by atoms with Gasteiger partial charge in [-0.2, -0.15) is 0 Å². The summed E-state index contributed by atoms with van der Waals surface area (Å²) in [6.07, 6.45) is 6.43. The van der Waals surface area contributed by atoms with Gasteiger partial charge < -0.3 is 14.7 Å². The second-order valence-corrected chi connectivity index (χ2v) is 5.25. The summed E-state index contributed by atoms with van der Waals surface area (Å²) in [4.78, 5) is 0.386. The van der Waals surface area contributed by atoms with Crippen LogP contribution in [0.4, 0.5) is 0 Å². The lowest BCUT2D eigenvalue weighted by Crippen LogP contribution is -2.37. The minimum absolute atomic E-state index is 0.369. The molecule has 1 aromatic carbocycles. The molecule has 4 rings (SSSR count). The van der Waals surface area contributed by atoms with Crippen molar-refractivity contribution in [2.45, 2.75) is 44.3 Å². The molecule has 1 aliphatic carbocycles. The Morgan fingerprint density at radius 1 is 1.05 bits per heavy atom. The average Bonchev–Trinajstić information content (AvgIpc) is 2.82. The van der Waals surface area contributed by atoms with Crippen LogP contribution < -0.4 is 14.4 Å². The second-order valence-electron chi connectivity index (χ2n) is 5.25. The smallest absolute Gasteiger partial charge is 0.252 e. The molecule has 2 aliphatic rings. The highest BCUT2D eigenvalue weighted by Crippen LogP contribution is 2.45. The molecule has 0 unspecified atom stereocenters. The molecule has 1 aliphatic heterocycles. The summed E-state index contributed by atoms with van der Waals surface area (Å²) < 4.78 is 16.6. The van der Waals surface area contributed by atoms with Gasteiger partial charge >= 0.3 is 0 Å². The van der Waals surface area contributed by atoms with Gasteiger partial charge in [-0.3, -0.25) is 4.63 Å². The van der Waals surface area contributed by atoms with E-state index in [9.17, 15) is 5.21 Å². The summed E-state index contributed by atoms with van der Waals surface area (Å²) in [6, 6.07) is 3.36. The fourth-order valence-electron chi connectivity index (χ4n) is 2.94. The van der Waals surface area contributed by atoms with Gasteiger partial charge in [0.2, 0.25) is 5.52 Å². The van der Waals surface area contributed by atoms with Crippen molar-refractivity contribution in [2.75, 3.05) is 0 Å². The molecule has 100 valence electrons. The molecule has 1 saturated carbocycles. The summed E-state index contributed by atoms with van der Waals surface area (Å²) >= 11 is 0. The molecule has 6 heteroatoms. The first-order valence-electron chi connectivity index (χ1n) is 6.67. The standard InChI is InChI=1S/C13H14N2O4/c16-15-10-8-12-11(7-9(10)14-19-15)17-13(18-12)5-3-1-2-4-6-13/h7-8H,1-6H2. The van der Waals surface area contributed by atoms with Crippen molar-refractivity contribution in [1.82, 2.24) is 5.16 Å². The van der Waals surface area contributed by atoms with Crippen LogP contribution in [0.5, 0.6) is 11.5 Å². The molecule has 0 radical (unpaired) electrons. The van der Waals surface area contributed by atoms with Gasteiger partial charge in [-0.25, -0.2) is 0 Å². The third-order valence-corrected chi connectivity index (χ3v) is 3.91. The summed E-state index contributed by atoms with van der Waals surface area (Å²) in [6.45, 7) is 0. The van der Waals surface area contributed by atoms with E-state index in [2.05, 4.69) is 9.79 Å².